The molecule has 1 N–H and O–H groups in total. The first kappa shape index (κ1) is 13.1. The van der Waals surface area contributed by atoms with Crippen molar-refractivity contribution in [1.82, 2.24) is 9.97 Å². The molecule has 1 aliphatic heterocycles. The van der Waals surface area contributed by atoms with Crippen molar-refractivity contribution in [3.63, 3.8) is 0 Å². The number of aromatic nitrogens is 2. The van der Waals surface area contributed by atoms with E-state index in [0.29, 0.717) is 17.6 Å². The molecular formula is C15H15ClN4. The zero-order valence-electron chi connectivity index (χ0n) is 11.4. The van der Waals surface area contributed by atoms with Gasteiger partial charge in [-0.2, -0.15) is 0 Å². The molecule has 0 aliphatic carbocycles. The smallest absolute Gasteiger partial charge is 0.136 e. The summed E-state index contributed by atoms with van der Waals surface area (Å²) in [6.07, 6.45) is 3.51. The lowest BCUT2D eigenvalue weighted by molar-refractivity contribution is 0.887. The zero-order valence-corrected chi connectivity index (χ0v) is 12.1. The SMILES string of the molecule is CC(C)Nc1nccc2c1C(c1cc(Cl)ccn1)=NC2. The predicted molar refractivity (Wildman–Crippen MR) is 81.6 cm³/mol. The molecular weight excluding hydrogens is 272 g/mol. The van der Waals surface area contributed by atoms with Gasteiger partial charge in [0.25, 0.3) is 0 Å². The predicted octanol–water partition coefficient (Wildman–Crippen LogP) is 3.30. The van der Waals surface area contributed by atoms with Gasteiger partial charge in [-0.25, -0.2) is 4.98 Å². The Morgan fingerprint density at radius 1 is 1.20 bits per heavy atom. The van der Waals surface area contributed by atoms with E-state index in [1.165, 1.54) is 5.56 Å². The summed E-state index contributed by atoms with van der Waals surface area (Å²) in [5, 5.41) is 4.03. The van der Waals surface area contributed by atoms with Gasteiger partial charge in [0.15, 0.2) is 0 Å². The topological polar surface area (TPSA) is 50.2 Å². The maximum Gasteiger partial charge on any atom is 0.136 e. The molecule has 102 valence electrons. The fourth-order valence-corrected chi connectivity index (χ4v) is 2.43. The highest BCUT2D eigenvalue weighted by Crippen LogP contribution is 2.28. The molecule has 2 aromatic heterocycles. The second-order valence-corrected chi connectivity index (χ2v) is 5.45. The van der Waals surface area contributed by atoms with Crippen LogP contribution in [0.15, 0.2) is 35.6 Å². The highest BCUT2D eigenvalue weighted by Gasteiger charge is 2.23. The van der Waals surface area contributed by atoms with Gasteiger partial charge in [0.05, 0.1) is 18.0 Å². The average molecular weight is 287 g/mol. The summed E-state index contributed by atoms with van der Waals surface area (Å²) < 4.78 is 0. The van der Waals surface area contributed by atoms with Crippen molar-refractivity contribution < 1.29 is 0 Å². The van der Waals surface area contributed by atoms with Crippen molar-refractivity contribution in [1.29, 1.82) is 0 Å². The first-order valence-electron chi connectivity index (χ1n) is 6.56. The molecule has 0 spiro atoms. The quantitative estimate of drug-likeness (QED) is 0.942. The van der Waals surface area contributed by atoms with Crippen LogP contribution in [-0.2, 0) is 6.54 Å². The van der Waals surface area contributed by atoms with Crippen molar-refractivity contribution in [3.05, 3.63) is 52.4 Å². The number of pyridine rings is 2. The highest BCUT2D eigenvalue weighted by atomic mass is 35.5. The molecule has 0 atom stereocenters. The van der Waals surface area contributed by atoms with Crippen LogP contribution in [0.1, 0.15) is 30.7 Å². The van der Waals surface area contributed by atoms with Crippen LogP contribution in [0.25, 0.3) is 0 Å². The molecule has 20 heavy (non-hydrogen) atoms. The Balaban J connectivity index is 2.08. The third-order valence-electron chi connectivity index (χ3n) is 3.07. The summed E-state index contributed by atoms with van der Waals surface area (Å²) in [5.74, 6) is 0.857. The van der Waals surface area contributed by atoms with Gasteiger partial charge < -0.3 is 5.32 Å². The van der Waals surface area contributed by atoms with E-state index in [1.807, 2.05) is 18.3 Å². The standard InChI is InChI=1S/C15H15ClN4/c1-9(2)20-15-13-10(3-5-18-15)8-19-14(13)12-7-11(16)4-6-17-12/h3-7,9H,8H2,1-2H3,(H,18,20). The average Bonchev–Trinajstić information content (AvgIpc) is 2.83. The Morgan fingerprint density at radius 2 is 2.00 bits per heavy atom. The van der Waals surface area contributed by atoms with Crippen LogP contribution in [-0.4, -0.2) is 21.7 Å². The van der Waals surface area contributed by atoms with Gasteiger partial charge in [0, 0.05) is 29.0 Å². The maximum atomic E-state index is 6.05. The molecule has 0 radical (unpaired) electrons. The molecule has 0 unspecified atom stereocenters. The lowest BCUT2D eigenvalue weighted by atomic mass is 10.0. The van der Waals surface area contributed by atoms with E-state index in [2.05, 4.69) is 34.1 Å². The normalized spacial score (nSPS) is 13.3. The molecule has 3 rings (SSSR count). The second kappa shape index (κ2) is 5.21. The largest absolute Gasteiger partial charge is 0.367 e. The third kappa shape index (κ3) is 2.39. The third-order valence-corrected chi connectivity index (χ3v) is 3.31. The number of nitrogens with one attached hydrogen (secondary N) is 1. The number of halogens is 1. The summed E-state index contributed by atoms with van der Waals surface area (Å²) in [7, 11) is 0. The fourth-order valence-electron chi connectivity index (χ4n) is 2.27. The number of rotatable bonds is 3. The molecule has 5 heteroatoms. The minimum absolute atomic E-state index is 0.308. The summed E-state index contributed by atoms with van der Waals surface area (Å²) in [4.78, 5) is 13.4. The van der Waals surface area contributed by atoms with E-state index in [1.54, 1.807) is 12.3 Å². The fraction of sp³-hybridized carbons (Fsp3) is 0.267. The molecule has 0 bridgehead atoms. The molecule has 3 heterocycles. The Morgan fingerprint density at radius 3 is 2.75 bits per heavy atom. The van der Waals surface area contributed by atoms with Gasteiger partial charge >= 0.3 is 0 Å². The molecule has 1 aliphatic rings. The van der Waals surface area contributed by atoms with Gasteiger partial charge in [0.2, 0.25) is 0 Å². The van der Waals surface area contributed by atoms with E-state index < -0.39 is 0 Å². The van der Waals surface area contributed by atoms with Gasteiger partial charge in [-0.15, -0.1) is 0 Å². The van der Waals surface area contributed by atoms with Gasteiger partial charge in [-0.3, -0.25) is 9.98 Å². The molecule has 0 fully saturated rings. The lowest BCUT2D eigenvalue weighted by Crippen LogP contribution is -2.16. The Kier molecular flexibility index (Phi) is 3.40. The minimum atomic E-state index is 0.308. The molecule has 0 saturated carbocycles. The van der Waals surface area contributed by atoms with E-state index in [4.69, 9.17) is 11.6 Å². The number of hydrogen-bond acceptors (Lipinski definition) is 4. The van der Waals surface area contributed by atoms with Crippen molar-refractivity contribution >= 4 is 23.1 Å². The Hall–Kier alpha value is -1.94. The molecule has 0 aromatic carbocycles. The number of anilines is 1. The van der Waals surface area contributed by atoms with Crippen molar-refractivity contribution in [3.8, 4) is 0 Å². The van der Waals surface area contributed by atoms with Crippen LogP contribution in [0, 0.1) is 0 Å². The van der Waals surface area contributed by atoms with Crippen LogP contribution >= 0.6 is 11.6 Å². The van der Waals surface area contributed by atoms with Crippen LogP contribution in [0.2, 0.25) is 5.02 Å². The van der Waals surface area contributed by atoms with Crippen LogP contribution in [0.3, 0.4) is 0 Å². The molecule has 0 amide bonds. The Bertz CT molecular complexity index is 679. The lowest BCUT2D eigenvalue weighted by Gasteiger charge is -2.14. The number of fused-ring (bicyclic) bond motifs is 1. The zero-order chi connectivity index (χ0) is 14.1. The second-order valence-electron chi connectivity index (χ2n) is 5.02. The summed E-state index contributed by atoms with van der Waals surface area (Å²) in [6, 6.07) is 5.91. The summed E-state index contributed by atoms with van der Waals surface area (Å²) in [6.45, 7) is 4.84. The van der Waals surface area contributed by atoms with Crippen molar-refractivity contribution in [2.24, 2.45) is 4.99 Å². The van der Waals surface area contributed by atoms with Gasteiger partial charge in [0.1, 0.15) is 5.82 Å². The number of nitrogens with zero attached hydrogens (tertiary/aromatic N) is 3. The van der Waals surface area contributed by atoms with Crippen molar-refractivity contribution in [2.75, 3.05) is 5.32 Å². The Labute approximate surface area is 122 Å². The highest BCUT2D eigenvalue weighted by molar-refractivity contribution is 6.31. The number of aliphatic imine (C=N–C) groups is 1. The molecule has 4 nitrogen and oxygen atoms in total. The molecule has 0 saturated heterocycles. The van der Waals surface area contributed by atoms with Crippen LogP contribution < -0.4 is 5.32 Å². The van der Waals surface area contributed by atoms with E-state index in [-0.39, 0.29) is 0 Å². The first-order chi connectivity index (χ1) is 9.65. The minimum Gasteiger partial charge on any atom is -0.367 e. The van der Waals surface area contributed by atoms with Crippen LogP contribution in [0.5, 0.6) is 0 Å². The monoisotopic (exact) mass is 286 g/mol. The maximum absolute atomic E-state index is 6.05. The molecule has 2 aromatic rings. The van der Waals surface area contributed by atoms with Gasteiger partial charge in [-0.1, -0.05) is 11.6 Å². The van der Waals surface area contributed by atoms with E-state index in [0.717, 1.165) is 22.8 Å². The van der Waals surface area contributed by atoms with Crippen LogP contribution in [0.4, 0.5) is 5.82 Å². The number of hydrogen-bond donors (Lipinski definition) is 1. The first-order valence-corrected chi connectivity index (χ1v) is 6.94. The summed E-state index contributed by atoms with van der Waals surface area (Å²) in [5.41, 5.74) is 3.85. The summed E-state index contributed by atoms with van der Waals surface area (Å²) >= 11 is 6.05. The van der Waals surface area contributed by atoms with E-state index >= 15 is 0 Å². The van der Waals surface area contributed by atoms with Crippen molar-refractivity contribution in [2.45, 2.75) is 26.4 Å². The van der Waals surface area contributed by atoms with E-state index in [9.17, 15) is 0 Å². The van der Waals surface area contributed by atoms with Gasteiger partial charge in [-0.05, 0) is 37.6 Å².